The molecular weight excluding hydrogens is 348 g/mol. The van der Waals surface area contributed by atoms with Gasteiger partial charge in [-0.3, -0.25) is 6.08 Å². The molecule has 0 heterocycles. The molecule has 0 saturated heterocycles. The molecule has 0 bridgehead atoms. The van der Waals surface area contributed by atoms with E-state index in [-0.39, 0.29) is 51.4 Å². The summed E-state index contributed by atoms with van der Waals surface area (Å²) in [5, 5.41) is 30.3. The zero-order valence-corrected chi connectivity index (χ0v) is 20.7. The Balaban J connectivity index is -0.0000000241. The van der Waals surface area contributed by atoms with Crippen LogP contribution < -0.4 is 15.3 Å². The first-order valence-electron chi connectivity index (χ1n) is 6.83. The first kappa shape index (κ1) is 49.8. The van der Waals surface area contributed by atoms with Crippen molar-refractivity contribution in [3.05, 3.63) is 54.0 Å². The van der Waals surface area contributed by atoms with Gasteiger partial charge in [-0.1, -0.05) is 62.3 Å². The standard InChI is InChI=1S/C5H5.3C4H9O.4CH3.Ti/c1-2-4-5-3-1;3*1-4(2,3)5;;;;;/h1-3H,4H2;3*1-3H3;4*1H3;/q8*-1;+3. The molecule has 4 heteroatoms. The van der Waals surface area contributed by atoms with Gasteiger partial charge < -0.3 is 45.0 Å². The van der Waals surface area contributed by atoms with Crippen molar-refractivity contribution >= 4 is 0 Å². The van der Waals surface area contributed by atoms with Gasteiger partial charge in [0.15, 0.2) is 0 Å². The fourth-order valence-electron chi connectivity index (χ4n) is 0.340. The number of hydrogen-bond acceptors (Lipinski definition) is 3. The van der Waals surface area contributed by atoms with E-state index in [4.69, 9.17) is 0 Å². The Morgan fingerprint density at radius 2 is 0.840 bits per heavy atom. The number of rotatable bonds is 0. The molecule has 0 atom stereocenters. The van der Waals surface area contributed by atoms with Crippen molar-refractivity contribution in [3.63, 3.8) is 0 Å². The van der Waals surface area contributed by atoms with Crippen LogP contribution in [0.15, 0.2) is 18.2 Å². The van der Waals surface area contributed by atoms with Crippen LogP contribution in [0.2, 0.25) is 0 Å². The maximum absolute atomic E-state index is 10.1. The average molecular weight is 392 g/mol. The van der Waals surface area contributed by atoms with E-state index in [1.54, 1.807) is 62.3 Å². The van der Waals surface area contributed by atoms with Crippen molar-refractivity contribution in [1.29, 1.82) is 0 Å². The Hall–Kier alpha value is 0.0743. The molecule has 1 aliphatic carbocycles. The van der Waals surface area contributed by atoms with Crippen molar-refractivity contribution in [2.45, 2.75) is 85.5 Å². The molecule has 0 N–H and O–H groups in total. The van der Waals surface area contributed by atoms with E-state index in [0.29, 0.717) is 0 Å². The van der Waals surface area contributed by atoms with E-state index in [1.165, 1.54) is 0 Å². The summed E-state index contributed by atoms with van der Waals surface area (Å²) in [6.07, 6.45) is 10.0. The summed E-state index contributed by atoms with van der Waals surface area (Å²) < 4.78 is 0. The Kier molecular flexibility index (Phi) is 48.0. The second-order valence-corrected chi connectivity index (χ2v) is 7.34. The van der Waals surface area contributed by atoms with Crippen LogP contribution in [0.1, 0.15) is 68.7 Å². The third kappa shape index (κ3) is 456. The molecule has 0 aliphatic heterocycles. The van der Waals surface area contributed by atoms with Crippen LogP contribution in [0.4, 0.5) is 0 Å². The smallest absolute Gasteiger partial charge is 0.850 e. The average Bonchev–Trinajstić information content (AvgIpc) is 2.45. The van der Waals surface area contributed by atoms with Gasteiger partial charge in [0.1, 0.15) is 0 Å². The van der Waals surface area contributed by atoms with Crippen molar-refractivity contribution in [3.8, 4) is 0 Å². The predicted molar refractivity (Wildman–Crippen MR) is 106 cm³/mol. The Labute approximate surface area is 176 Å². The van der Waals surface area contributed by atoms with E-state index in [2.05, 4.69) is 12.2 Å². The van der Waals surface area contributed by atoms with Gasteiger partial charge in [-0.05, 0) is 0 Å². The summed E-state index contributed by atoms with van der Waals surface area (Å²) in [5.41, 5.74) is -2.25. The first-order valence-corrected chi connectivity index (χ1v) is 6.83. The van der Waals surface area contributed by atoms with Crippen LogP contribution in [0, 0.1) is 35.8 Å². The molecule has 0 amide bonds. The third-order valence-electron chi connectivity index (χ3n) is 0.586. The topological polar surface area (TPSA) is 69.2 Å². The normalized spacial score (nSPS) is 10.7. The fourth-order valence-corrected chi connectivity index (χ4v) is 0.340. The monoisotopic (exact) mass is 392 g/mol. The molecule has 0 fully saturated rings. The molecule has 1 radical (unpaired) electrons. The van der Waals surface area contributed by atoms with Crippen LogP contribution in [-0.4, -0.2) is 16.8 Å². The summed E-state index contributed by atoms with van der Waals surface area (Å²) >= 11 is 0. The molecule has 25 heavy (non-hydrogen) atoms. The molecule has 0 unspecified atom stereocenters. The summed E-state index contributed by atoms with van der Waals surface area (Å²) in [6, 6.07) is 0. The van der Waals surface area contributed by atoms with Crippen LogP contribution >= 0.6 is 0 Å². The van der Waals surface area contributed by atoms with E-state index in [0.717, 1.165) is 6.42 Å². The SMILES string of the molecule is CC(C)(C)[O-].CC(C)(C)[O-].CC(C)(C)[O-].[C-]1=CC=CC1.[CH3-].[CH3-].[CH3-].[CH3-].[Ti+3]. The zero-order valence-electron chi connectivity index (χ0n) is 19.2. The Morgan fingerprint density at radius 3 is 0.880 bits per heavy atom. The maximum Gasteiger partial charge on any atom is 3.00 e. The first-order chi connectivity index (χ1) is 8.50. The number of hydrogen-bond donors (Lipinski definition) is 0. The van der Waals surface area contributed by atoms with Crippen molar-refractivity contribution in [1.82, 2.24) is 0 Å². The summed E-state index contributed by atoms with van der Waals surface area (Å²) in [7, 11) is 0. The second-order valence-electron chi connectivity index (χ2n) is 7.34. The largest absolute Gasteiger partial charge is 3.00 e. The molecule has 0 spiro atoms. The predicted octanol–water partition coefficient (Wildman–Crippen LogP) is 3.54. The van der Waals surface area contributed by atoms with Gasteiger partial charge in [0, 0.05) is 0 Å². The van der Waals surface area contributed by atoms with Crippen LogP contribution in [0.25, 0.3) is 0 Å². The molecule has 1 rings (SSSR count). The van der Waals surface area contributed by atoms with Gasteiger partial charge in [-0.25, -0.2) is 12.2 Å². The molecule has 0 aromatic heterocycles. The van der Waals surface area contributed by atoms with Crippen LogP contribution in [-0.2, 0) is 21.7 Å². The van der Waals surface area contributed by atoms with Gasteiger partial charge in [0.2, 0.25) is 0 Å². The van der Waals surface area contributed by atoms with Gasteiger partial charge in [0.25, 0.3) is 0 Å². The van der Waals surface area contributed by atoms with Crippen LogP contribution in [0.5, 0.6) is 0 Å². The van der Waals surface area contributed by atoms with E-state index < -0.39 is 16.8 Å². The van der Waals surface area contributed by atoms with Gasteiger partial charge in [0.05, 0.1) is 0 Å². The quantitative estimate of drug-likeness (QED) is 0.468. The molecular formula is C21H44O3Ti-5. The van der Waals surface area contributed by atoms with Crippen molar-refractivity contribution in [2.75, 3.05) is 0 Å². The number of allylic oxidation sites excluding steroid dienone is 4. The van der Waals surface area contributed by atoms with Gasteiger partial charge in [-0.15, -0.1) is 23.2 Å². The molecule has 0 aromatic carbocycles. The van der Waals surface area contributed by atoms with Gasteiger partial charge >= 0.3 is 21.7 Å². The van der Waals surface area contributed by atoms with Crippen LogP contribution in [0.3, 0.4) is 0 Å². The third-order valence-corrected chi connectivity index (χ3v) is 0.586. The minimum atomic E-state index is -0.750. The van der Waals surface area contributed by atoms with Crippen molar-refractivity contribution < 1.29 is 37.0 Å². The Bertz CT molecular complexity index is 208. The summed E-state index contributed by atoms with van der Waals surface area (Å²) in [5.74, 6) is 0. The van der Waals surface area contributed by atoms with Gasteiger partial charge in [-0.2, -0.15) is 6.08 Å². The molecule has 3 nitrogen and oxygen atoms in total. The van der Waals surface area contributed by atoms with E-state index in [1.807, 2.05) is 12.2 Å². The van der Waals surface area contributed by atoms with E-state index in [9.17, 15) is 15.3 Å². The Morgan fingerprint density at radius 1 is 0.640 bits per heavy atom. The molecule has 0 aromatic rings. The minimum Gasteiger partial charge on any atom is -0.850 e. The molecule has 1 aliphatic rings. The fraction of sp³-hybridized carbons (Fsp3) is 0.619. The maximum atomic E-state index is 10.1. The molecule has 155 valence electrons. The second kappa shape index (κ2) is 24.1. The van der Waals surface area contributed by atoms with Crippen molar-refractivity contribution in [2.24, 2.45) is 0 Å². The minimum absolute atomic E-state index is 0. The zero-order chi connectivity index (χ0) is 17.0. The molecule has 0 saturated carbocycles. The summed E-state index contributed by atoms with van der Waals surface area (Å²) in [6.45, 7) is 14.7. The van der Waals surface area contributed by atoms with E-state index >= 15 is 0 Å². The summed E-state index contributed by atoms with van der Waals surface area (Å²) in [4.78, 5) is 0.